The molecular weight excluding hydrogens is 480 g/mol. The van der Waals surface area contributed by atoms with E-state index in [4.69, 9.17) is 10.5 Å². The maximum absolute atomic E-state index is 13.8. The molecule has 5 rings (SSSR count). The third kappa shape index (κ3) is 4.43. The number of sulfonamides is 1. The highest BCUT2D eigenvalue weighted by Crippen LogP contribution is 2.30. The molecule has 11 heteroatoms. The molecule has 0 radical (unpaired) electrons. The minimum absolute atomic E-state index is 0.0654. The van der Waals surface area contributed by atoms with Crippen molar-refractivity contribution in [1.29, 1.82) is 0 Å². The lowest BCUT2D eigenvalue weighted by atomic mass is 10.0. The number of likely N-dealkylation sites (tertiary alicyclic amines) is 1. The molecule has 2 aliphatic rings. The number of aryl methyl sites for hydroxylation is 1. The molecule has 1 aromatic carbocycles. The molecule has 3 aromatic rings. The van der Waals surface area contributed by atoms with Crippen molar-refractivity contribution in [3.8, 4) is 5.75 Å². The van der Waals surface area contributed by atoms with Gasteiger partial charge in [0.2, 0.25) is 0 Å². The third-order valence-corrected chi connectivity index (χ3v) is 7.83. The highest BCUT2D eigenvalue weighted by molar-refractivity contribution is 7.89. The Morgan fingerprint density at radius 2 is 2.08 bits per heavy atom. The summed E-state index contributed by atoms with van der Waals surface area (Å²) in [5.74, 6) is 0.127. The van der Waals surface area contributed by atoms with E-state index < -0.39 is 10.0 Å². The van der Waals surface area contributed by atoms with Gasteiger partial charge in [-0.05, 0) is 57.7 Å². The zero-order chi connectivity index (χ0) is 25.6. The Morgan fingerprint density at radius 1 is 1.28 bits per heavy atom. The molecule has 36 heavy (non-hydrogen) atoms. The number of nitrogens with zero attached hydrogens (tertiary/aromatic N) is 5. The second-order valence-corrected chi connectivity index (χ2v) is 11.3. The number of benzene rings is 1. The van der Waals surface area contributed by atoms with Crippen LogP contribution in [0.5, 0.6) is 5.75 Å². The zero-order valence-electron chi connectivity index (χ0n) is 20.6. The van der Waals surface area contributed by atoms with Crippen LogP contribution in [0.25, 0.3) is 11.0 Å². The van der Waals surface area contributed by atoms with Crippen molar-refractivity contribution in [2.45, 2.75) is 57.9 Å². The minimum atomic E-state index is -3.63. The Bertz CT molecular complexity index is 1480. The first-order valence-corrected chi connectivity index (χ1v) is 13.7. The van der Waals surface area contributed by atoms with Crippen molar-refractivity contribution in [3.05, 3.63) is 52.8 Å². The summed E-state index contributed by atoms with van der Waals surface area (Å²) in [4.78, 5) is 20.3. The van der Waals surface area contributed by atoms with E-state index >= 15 is 0 Å². The topological polar surface area (TPSA) is 133 Å². The Kier molecular flexibility index (Phi) is 6.19. The number of nitrogens with two attached hydrogens (primary N) is 1. The number of rotatable bonds is 5. The molecule has 0 spiro atoms. The number of hydrogen-bond acceptors (Lipinski definition) is 7. The molecule has 1 atom stereocenters. The van der Waals surface area contributed by atoms with Gasteiger partial charge in [0.25, 0.3) is 15.9 Å². The van der Waals surface area contributed by atoms with E-state index in [0.717, 1.165) is 30.3 Å². The van der Waals surface area contributed by atoms with Crippen LogP contribution in [0.4, 0.5) is 0 Å². The number of pyridine rings is 1. The molecule has 4 heterocycles. The fourth-order valence-corrected chi connectivity index (χ4v) is 6.10. The molecule has 0 unspecified atom stereocenters. The number of amides is 1. The first-order valence-electron chi connectivity index (χ1n) is 12.1. The van der Waals surface area contributed by atoms with Gasteiger partial charge >= 0.3 is 0 Å². The van der Waals surface area contributed by atoms with Crippen LogP contribution in [-0.2, 0) is 15.8 Å². The number of carbonyl (C=O) groups excluding carboxylic acids is 1. The third-order valence-electron chi connectivity index (χ3n) is 6.68. The Hall–Kier alpha value is -3.47. The number of fused-ring (bicyclic) bond motifs is 2. The highest BCUT2D eigenvalue weighted by Gasteiger charge is 2.31. The van der Waals surface area contributed by atoms with E-state index in [-0.39, 0.29) is 36.2 Å². The van der Waals surface area contributed by atoms with E-state index in [0.29, 0.717) is 34.6 Å². The molecule has 1 amide bonds. The van der Waals surface area contributed by atoms with Gasteiger partial charge in [-0.25, -0.2) is 18.1 Å². The molecule has 2 aliphatic heterocycles. The summed E-state index contributed by atoms with van der Waals surface area (Å²) in [6.45, 7) is 6.84. The first-order chi connectivity index (χ1) is 17.1. The number of aromatic nitrogens is 3. The van der Waals surface area contributed by atoms with Crippen molar-refractivity contribution in [2.24, 2.45) is 10.1 Å². The minimum Gasteiger partial charge on any atom is -0.491 e. The summed E-state index contributed by atoms with van der Waals surface area (Å²) >= 11 is 0. The molecule has 0 bridgehead atoms. The van der Waals surface area contributed by atoms with Crippen LogP contribution in [0, 0.1) is 6.92 Å². The number of carbonyl (C=O) groups is 1. The van der Waals surface area contributed by atoms with Gasteiger partial charge in [-0.2, -0.15) is 5.10 Å². The van der Waals surface area contributed by atoms with E-state index in [2.05, 4.69) is 14.5 Å². The van der Waals surface area contributed by atoms with Crippen molar-refractivity contribution in [3.63, 3.8) is 0 Å². The molecular formula is C25H30N6O4S. The van der Waals surface area contributed by atoms with E-state index in [1.807, 2.05) is 36.4 Å². The average Bonchev–Trinajstić information content (AvgIpc) is 3.25. The number of piperidine rings is 1. The monoisotopic (exact) mass is 510 g/mol. The summed E-state index contributed by atoms with van der Waals surface area (Å²) in [5.41, 5.74) is 9.12. The van der Waals surface area contributed by atoms with E-state index in [1.165, 1.54) is 0 Å². The molecule has 1 saturated heterocycles. The quantitative estimate of drug-likeness (QED) is 0.558. The van der Waals surface area contributed by atoms with Crippen LogP contribution in [0.2, 0.25) is 0 Å². The fraction of sp³-hybridized carbons (Fsp3) is 0.440. The number of hydrogen-bond donors (Lipinski definition) is 1. The smallest absolute Gasteiger partial charge is 0.259 e. The van der Waals surface area contributed by atoms with E-state index in [1.54, 1.807) is 24.4 Å². The molecule has 1 fully saturated rings. The van der Waals surface area contributed by atoms with Gasteiger partial charge in [-0.1, -0.05) is 12.1 Å². The van der Waals surface area contributed by atoms with Gasteiger partial charge < -0.3 is 15.4 Å². The van der Waals surface area contributed by atoms with Gasteiger partial charge in [0.15, 0.2) is 5.65 Å². The van der Waals surface area contributed by atoms with Crippen LogP contribution in [-0.4, -0.2) is 59.0 Å². The Labute approximate surface area is 210 Å². The van der Waals surface area contributed by atoms with Gasteiger partial charge in [0.05, 0.1) is 34.5 Å². The summed E-state index contributed by atoms with van der Waals surface area (Å²) in [5, 5.41) is 5.21. The maximum Gasteiger partial charge on any atom is 0.259 e. The predicted octanol–water partition coefficient (Wildman–Crippen LogP) is 2.94. The van der Waals surface area contributed by atoms with Crippen LogP contribution >= 0.6 is 0 Å². The van der Waals surface area contributed by atoms with Gasteiger partial charge in [0, 0.05) is 18.3 Å². The highest BCUT2D eigenvalue weighted by atomic mass is 32.2. The average molecular weight is 511 g/mol. The molecule has 2 aromatic heterocycles. The second kappa shape index (κ2) is 9.20. The van der Waals surface area contributed by atoms with Crippen LogP contribution < -0.4 is 10.5 Å². The lowest BCUT2D eigenvalue weighted by Gasteiger charge is -2.36. The van der Waals surface area contributed by atoms with Crippen molar-refractivity contribution in [1.82, 2.24) is 19.7 Å². The standard InChI is InChI=1S/C25H30N6O4S/c1-15(2)31-24-20(12-27-31)19(11-16(3)28-24)25(32)30-10-5-4-8-18(30)13-35-21-9-6-7-17-14-36(33,34)29-23(26)22(17)21/h6-7,9,11-12,15,18H,4-5,8,10,13-14H2,1-3H3,(H2,26,29)/t18-/m1/s1. The van der Waals surface area contributed by atoms with Crippen LogP contribution in [0.3, 0.4) is 0 Å². The van der Waals surface area contributed by atoms with Gasteiger partial charge in [-0.15, -0.1) is 4.40 Å². The predicted molar refractivity (Wildman–Crippen MR) is 137 cm³/mol. The second-order valence-electron chi connectivity index (χ2n) is 9.68. The fourth-order valence-electron chi connectivity index (χ4n) is 5.01. The van der Waals surface area contributed by atoms with E-state index in [9.17, 15) is 13.2 Å². The van der Waals surface area contributed by atoms with Crippen molar-refractivity contribution < 1.29 is 17.9 Å². The number of amidine groups is 1. The van der Waals surface area contributed by atoms with Crippen LogP contribution in [0.15, 0.2) is 34.9 Å². The molecule has 2 N–H and O–H groups in total. The largest absolute Gasteiger partial charge is 0.491 e. The van der Waals surface area contributed by atoms with Crippen molar-refractivity contribution >= 4 is 32.8 Å². The van der Waals surface area contributed by atoms with Crippen molar-refractivity contribution in [2.75, 3.05) is 13.2 Å². The normalized spacial score (nSPS) is 19.3. The first kappa shape index (κ1) is 24.2. The molecule has 0 saturated carbocycles. The zero-order valence-corrected chi connectivity index (χ0v) is 21.5. The summed E-state index contributed by atoms with van der Waals surface area (Å²) < 4.78 is 35.6. The summed E-state index contributed by atoms with van der Waals surface area (Å²) in [6, 6.07) is 7.02. The molecule has 190 valence electrons. The maximum atomic E-state index is 13.8. The molecule has 0 aliphatic carbocycles. The lowest BCUT2D eigenvalue weighted by molar-refractivity contribution is 0.0530. The SMILES string of the molecule is Cc1cc(C(=O)N2CCCC[C@@H]2COc2cccc3c2C(N)=NS(=O)(=O)C3)c2cnn(C(C)C)c2n1. The lowest BCUT2D eigenvalue weighted by Crippen LogP contribution is -2.46. The summed E-state index contributed by atoms with van der Waals surface area (Å²) in [6.07, 6.45) is 4.43. The summed E-state index contributed by atoms with van der Waals surface area (Å²) in [7, 11) is -3.63. The molecule has 10 nitrogen and oxygen atoms in total. The van der Waals surface area contributed by atoms with Gasteiger partial charge in [-0.3, -0.25) is 4.79 Å². The van der Waals surface area contributed by atoms with Crippen LogP contribution in [0.1, 0.15) is 66.3 Å². The Morgan fingerprint density at radius 3 is 2.86 bits per heavy atom. The number of ether oxygens (including phenoxy) is 1. The van der Waals surface area contributed by atoms with Gasteiger partial charge in [0.1, 0.15) is 18.2 Å². The Balaban J connectivity index is 1.42.